The van der Waals surface area contributed by atoms with Crippen molar-refractivity contribution in [2.45, 2.75) is 40.9 Å². The van der Waals surface area contributed by atoms with Crippen LogP contribution in [0.15, 0.2) is 81.7 Å². The molecule has 0 aromatic heterocycles. The quantitative estimate of drug-likeness (QED) is 0.485. The molecule has 0 atom stereocenters. The number of unbranched alkanes of at least 4 members (excludes halogenated alkanes) is 1. The van der Waals surface area contributed by atoms with E-state index in [1.165, 1.54) is 45.1 Å². The van der Waals surface area contributed by atoms with Crippen LogP contribution in [0, 0.1) is 0 Å². The van der Waals surface area contributed by atoms with Crippen LogP contribution in [-0.2, 0) is 30.0 Å². The predicted octanol–water partition coefficient (Wildman–Crippen LogP) is 6.41. The third-order valence-electron chi connectivity index (χ3n) is 4.78. The molecule has 24 heavy (non-hydrogen) atoms. The summed E-state index contributed by atoms with van der Waals surface area (Å²) >= 11 is -1.70. The maximum absolute atomic E-state index is 2.43. The fraction of sp³-hybridized carbons (Fsp3) is 0.304. The van der Waals surface area contributed by atoms with E-state index in [-0.39, 0.29) is 0 Å². The van der Waals surface area contributed by atoms with Crippen LogP contribution in [0.5, 0.6) is 0 Å². The Morgan fingerprint density at radius 2 is 1.42 bits per heavy atom. The second-order valence-corrected chi connectivity index (χ2v) is 12.8. The fourth-order valence-electron chi connectivity index (χ4n) is 3.48. The van der Waals surface area contributed by atoms with Gasteiger partial charge in [-0.3, -0.25) is 0 Å². The second kappa shape index (κ2) is 9.33. The molecule has 0 nitrogen and oxygen atoms in total. The van der Waals surface area contributed by atoms with Crippen molar-refractivity contribution in [1.82, 2.24) is 0 Å². The number of allylic oxidation sites excluding steroid dienone is 4. The van der Waals surface area contributed by atoms with Crippen molar-refractivity contribution in [1.29, 1.82) is 0 Å². The number of hydrogen-bond donors (Lipinski definition) is 0. The fourth-order valence-corrected chi connectivity index (χ4v) is 11.0. The van der Waals surface area contributed by atoms with Gasteiger partial charge in [-0.1, -0.05) is 0 Å². The molecule has 1 heteroatoms. The van der Waals surface area contributed by atoms with Crippen molar-refractivity contribution >= 4 is 0 Å². The molecule has 0 bridgehead atoms. The average molecular weight is 395 g/mol. The molecule has 0 saturated heterocycles. The molecule has 123 valence electrons. The number of rotatable bonds is 8. The van der Waals surface area contributed by atoms with Crippen LogP contribution in [0.3, 0.4) is 0 Å². The Balaban J connectivity index is 1.84. The number of benzene rings is 2. The normalized spacial score (nSPS) is 13.5. The van der Waals surface area contributed by atoms with Gasteiger partial charge in [-0.2, -0.15) is 0 Å². The van der Waals surface area contributed by atoms with E-state index < -0.39 is 21.8 Å². The van der Waals surface area contributed by atoms with Crippen LogP contribution in [-0.4, -0.2) is 0 Å². The van der Waals surface area contributed by atoms with E-state index in [4.69, 9.17) is 0 Å². The van der Waals surface area contributed by atoms with E-state index in [1.807, 2.05) is 3.28 Å². The number of hydrogen-bond acceptors (Lipinski definition) is 0. The van der Waals surface area contributed by atoms with Crippen molar-refractivity contribution in [2.24, 2.45) is 0 Å². The van der Waals surface area contributed by atoms with Crippen molar-refractivity contribution in [3.8, 4) is 0 Å². The molecule has 0 N–H and O–H groups in total. The van der Waals surface area contributed by atoms with Crippen LogP contribution in [0.1, 0.15) is 43.7 Å². The summed E-state index contributed by atoms with van der Waals surface area (Å²) in [6.07, 6.45) is 9.98. The van der Waals surface area contributed by atoms with Gasteiger partial charge in [-0.15, -0.1) is 0 Å². The SMILES string of the molecule is CCCCC1=[C]([Zr]([CH2]c2ccccc2)[CH2]c2ccccc2)CC=C1. The molecule has 2 aromatic rings. The first-order valence-corrected chi connectivity index (χ1v) is 13.9. The van der Waals surface area contributed by atoms with E-state index in [1.54, 1.807) is 5.57 Å². The van der Waals surface area contributed by atoms with Crippen LogP contribution < -0.4 is 0 Å². The molecule has 1 aliphatic carbocycles. The molecule has 3 rings (SSSR count). The Morgan fingerprint density at radius 3 is 1.96 bits per heavy atom. The molecule has 0 spiro atoms. The Kier molecular flexibility index (Phi) is 6.85. The van der Waals surface area contributed by atoms with E-state index >= 15 is 0 Å². The van der Waals surface area contributed by atoms with Gasteiger partial charge in [0.15, 0.2) is 0 Å². The van der Waals surface area contributed by atoms with Crippen LogP contribution >= 0.6 is 0 Å². The monoisotopic (exact) mass is 393 g/mol. The molecule has 0 amide bonds. The molecule has 2 aromatic carbocycles. The molecular weight excluding hydrogens is 367 g/mol. The summed E-state index contributed by atoms with van der Waals surface area (Å²) < 4.78 is 4.55. The Bertz CT molecular complexity index is 641. The van der Waals surface area contributed by atoms with Gasteiger partial charge in [0.25, 0.3) is 0 Å². The zero-order chi connectivity index (χ0) is 16.6. The molecule has 0 heterocycles. The van der Waals surface area contributed by atoms with E-state index in [9.17, 15) is 0 Å². The van der Waals surface area contributed by atoms with Gasteiger partial charge in [-0.25, -0.2) is 0 Å². The first-order valence-electron chi connectivity index (χ1n) is 9.18. The molecular formula is C23H27Zr. The first kappa shape index (κ1) is 17.6. The minimum absolute atomic E-state index is 1.23. The van der Waals surface area contributed by atoms with Crippen LogP contribution in [0.25, 0.3) is 0 Å². The molecule has 0 fully saturated rings. The summed E-state index contributed by atoms with van der Waals surface area (Å²) in [5.41, 5.74) is 4.77. The van der Waals surface area contributed by atoms with E-state index in [0.29, 0.717) is 0 Å². The van der Waals surface area contributed by atoms with Gasteiger partial charge in [0.2, 0.25) is 0 Å². The summed E-state index contributed by atoms with van der Waals surface area (Å²) in [5, 5.41) is 0. The van der Waals surface area contributed by atoms with Gasteiger partial charge >= 0.3 is 155 Å². The average Bonchev–Trinajstić information content (AvgIpc) is 3.10. The summed E-state index contributed by atoms with van der Waals surface area (Å²) in [6.45, 7) is 2.30. The van der Waals surface area contributed by atoms with Crippen molar-refractivity contribution < 1.29 is 21.8 Å². The van der Waals surface area contributed by atoms with E-state index in [2.05, 4.69) is 79.7 Å². The Morgan fingerprint density at radius 1 is 0.833 bits per heavy atom. The predicted molar refractivity (Wildman–Crippen MR) is 101 cm³/mol. The van der Waals surface area contributed by atoms with E-state index in [0.717, 1.165) is 0 Å². The molecule has 0 aliphatic heterocycles. The van der Waals surface area contributed by atoms with Gasteiger partial charge in [0, 0.05) is 0 Å². The van der Waals surface area contributed by atoms with Crippen molar-refractivity contribution in [2.75, 3.05) is 0 Å². The third-order valence-corrected chi connectivity index (χ3v) is 12.3. The first-order chi connectivity index (χ1) is 11.9. The molecule has 0 saturated carbocycles. The zero-order valence-electron chi connectivity index (χ0n) is 14.7. The molecule has 1 aliphatic rings. The van der Waals surface area contributed by atoms with Gasteiger partial charge < -0.3 is 0 Å². The standard InChI is InChI=1S/C9H13.2C7H7.Zr/c1-2-3-6-9-7-4-5-8-9;2*1-7-5-3-2-4-6-7;/h4,7H,2-3,5-6H2,1H3;2*2-6H,1H2;. The maximum atomic E-state index is 2.43. The third kappa shape index (κ3) is 4.90. The summed E-state index contributed by atoms with van der Waals surface area (Å²) in [5.74, 6) is 0. The van der Waals surface area contributed by atoms with Crippen LogP contribution in [0.4, 0.5) is 0 Å². The summed E-state index contributed by atoms with van der Waals surface area (Å²) in [6, 6.07) is 22.3. The van der Waals surface area contributed by atoms with Gasteiger partial charge in [0.05, 0.1) is 0 Å². The van der Waals surface area contributed by atoms with Gasteiger partial charge in [-0.05, 0) is 0 Å². The van der Waals surface area contributed by atoms with Crippen LogP contribution in [0.2, 0.25) is 0 Å². The summed E-state index contributed by atoms with van der Waals surface area (Å²) in [4.78, 5) is 0. The van der Waals surface area contributed by atoms with Gasteiger partial charge in [0.1, 0.15) is 0 Å². The Hall–Kier alpha value is -1.20. The summed E-state index contributed by atoms with van der Waals surface area (Å²) in [7, 11) is 0. The molecule has 0 radical (unpaired) electrons. The molecule has 0 unspecified atom stereocenters. The minimum atomic E-state index is -1.70. The van der Waals surface area contributed by atoms with Crippen molar-refractivity contribution in [3.05, 3.63) is 92.8 Å². The topological polar surface area (TPSA) is 0 Å². The zero-order valence-corrected chi connectivity index (χ0v) is 17.1. The van der Waals surface area contributed by atoms with Crippen molar-refractivity contribution in [3.63, 3.8) is 0 Å². The second-order valence-electron chi connectivity index (χ2n) is 6.64. The Labute approximate surface area is 155 Å².